The molecule has 24 heavy (non-hydrogen) atoms. The summed E-state index contributed by atoms with van der Waals surface area (Å²) in [7, 11) is 0. The first kappa shape index (κ1) is 15.4. The molecule has 0 fully saturated rings. The van der Waals surface area contributed by atoms with Crippen LogP contribution in [0.25, 0.3) is 32.3 Å². The van der Waals surface area contributed by atoms with Gasteiger partial charge in [-0.1, -0.05) is 93.6 Å². The van der Waals surface area contributed by atoms with Crippen LogP contribution in [0.5, 0.6) is 0 Å². The molecule has 0 heteroatoms. The molecule has 4 aromatic carbocycles. The summed E-state index contributed by atoms with van der Waals surface area (Å²) in [5.41, 5.74) is 1.52. The van der Waals surface area contributed by atoms with Crippen LogP contribution in [0.4, 0.5) is 0 Å². The van der Waals surface area contributed by atoms with Gasteiger partial charge in [0.1, 0.15) is 0 Å². The van der Waals surface area contributed by atoms with Crippen LogP contribution in [-0.2, 0) is 6.42 Å². The van der Waals surface area contributed by atoms with Gasteiger partial charge in [0.15, 0.2) is 0 Å². The quantitative estimate of drug-likeness (QED) is 0.245. The molecule has 0 heterocycles. The highest BCUT2D eigenvalue weighted by Crippen LogP contribution is 2.36. The molecule has 4 rings (SSSR count). The Morgan fingerprint density at radius 1 is 0.583 bits per heavy atom. The Morgan fingerprint density at radius 2 is 1.21 bits per heavy atom. The van der Waals surface area contributed by atoms with Crippen LogP contribution in [0.2, 0.25) is 0 Å². The van der Waals surface area contributed by atoms with Gasteiger partial charge in [-0.25, -0.2) is 0 Å². The molecule has 0 amide bonds. The summed E-state index contributed by atoms with van der Waals surface area (Å²) in [5.74, 6) is 0. The smallest absolute Gasteiger partial charge is 0.00240 e. The fourth-order valence-corrected chi connectivity index (χ4v) is 4.11. The standard InChI is InChI=1S/C24H26/c1-2-3-4-5-6-7-9-18-12-13-21-15-14-19-10-8-11-20-16-17-22(18)24(21)23(19)20/h8,10-17H,2-7,9H2,1H3. The number of hydrogen-bond donors (Lipinski definition) is 0. The second-order valence-electron chi connectivity index (χ2n) is 7.10. The monoisotopic (exact) mass is 314 g/mol. The molecule has 0 unspecified atom stereocenters. The first-order chi connectivity index (χ1) is 11.9. The second-order valence-corrected chi connectivity index (χ2v) is 7.10. The van der Waals surface area contributed by atoms with Gasteiger partial charge in [0, 0.05) is 0 Å². The number of aryl methyl sites for hydroxylation is 1. The van der Waals surface area contributed by atoms with Crippen molar-refractivity contribution in [3.05, 3.63) is 60.2 Å². The average molecular weight is 314 g/mol. The fraction of sp³-hybridized carbons (Fsp3) is 0.333. The second kappa shape index (κ2) is 6.81. The van der Waals surface area contributed by atoms with Gasteiger partial charge in [-0.15, -0.1) is 0 Å². The van der Waals surface area contributed by atoms with Gasteiger partial charge in [0.25, 0.3) is 0 Å². The lowest BCUT2D eigenvalue weighted by molar-refractivity contribution is 0.608. The van der Waals surface area contributed by atoms with Crippen molar-refractivity contribution in [2.24, 2.45) is 0 Å². The van der Waals surface area contributed by atoms with E-state index in [2.05, 4.69) is 61.5 Å². The highest BCUT2D eigenvalue weighted by atomic mass is 14.1. The van der Waals surface area contributed by atoms with Crippen molar-refractivity contribution in [3.63, 3.8) is 0 Å². The third-order valence-corrected chi connectivity index (χ3v) is 5.42. The molecule has 0 aliphatic rings. The largest absolute Gasteiger partial charge is 0.0654 e. The van der Waals surface area contributed by atoms with Gasteiger partial charge in [0.05, 0.1) is 0 Å². The van der Waals surface area contributed by atoms with Crippen LogP contribution in [0, 0.1) is 0 Å². The highest BCUT2D eigenvalue weighted by molar-refractivity contribution is 6.23. The molecular weight excluding hydrogens is 288 g/mol. The zero-order valence-electron chi connectivity index (χ0n) is 14.6. The van der Waals surface area contributed by atoms with Gasteiger partial charge < -0.3 is 0 Å². The minimum absolute atomic E-state index is 1.21. The van der Waals surface area contributed by atoms with E-state index < -0.39 is 0 Å². The van der Waals surface area contributed by atoms with Crippen molar-refractivity contribution < 1.29 is 0 Å². The minimum Gasteiger partial charge on any atom is -0.0654 e. The molecule has 0 aliphatic heterocycles. The molecule has 0 saturated carbocycles. The Morgan fingerprint density at radius 3 is 2.00 bits per heavy atom. The first-order valence-corrected chi connectivity index (χ1v) is 9.54. The SMILES string of the molecule is CCCCCCCCc1ccc2ccc3cccc4ccc1c2c34. The summed E-state index contributed by atoms with van der Waals surface area (Å²) in [4.78, 5) is 0. The molecule has 0 N–H and O–H groups in total. The van der Waals surface area contributed by atoms with E-state index in [4.69, 9.17) is 0 Å². The Bertz CT molecular complexity index is 932. The Balaban J connectivity index is 1.67. The van der Waals surface area contributed by atoms with E-state index in [1.807, 2.05) is 0 Å². The molecular formula is C24H26. The van der Waals surface area contributed by atoms with Gasteiger partial charge in [-0.2, -0.15) is 0 Å². The molecule has 122 valence electrons. The maximum atomic E-state index is 2.35. The predicted molar refractivity (Wildman–Crippen MR) is 107 cm³/mol. The van der Waals surface area contributed by atoms with Gasteiger partial charge in [0.2, 0.25) is 0 Å². The van der Waals surface area contributed by atoms with Gasteiger partial charge in [-0.3, -0.25) is 0 Å². The lowest BCUT2D eigenvalue weighted by Crippen LogP contribution is -1.91. The van der Waals surface area contributed by atoms with E-state index in [1.165, 1.54) is 82.8 Å². The summed E-state index contributed by atoms with van der Waals surface area (Å²) in [6.45, 7) is 2.28. The van der Waals surface area contributed by atoms with E-state index in [0.29, 0.717) is 0 Å². The Hall–Kier alpha value is -2.08. The van der Waals surface area contributed by atoms with Crippen LogP contribution < -0.4 is 0 Å². The number of rotatable bonds is 7. The Kier molecular flexibility index (Phi) is 4.38. The topological polar surface area (TPSA) is 0 Å². The highest BCUT2D eigenvalue weighted by Gasteiger charge is 2.10. The minimum atomic E-state index is 1.21. The zero-order valence-corrected chi connectivity index (χ0v) is 14.6. The van der Waals surface area contributed by atoms with Crippen LogP contribution in [0.3, 0.4) is 0 Å². The molecule has 0 atom stereocenters. The predicted octanol–water partition coefficient (Wildman–Crippen LogP) is 7.49. The summed E-state index contributed by atoms with van der Waals surface area (Å²) in [6, 6.07) is 20.5. The van der Waals surface area contributed by atoms with Crippen molar-refractivity contribution in [2.75, 3.05) is 0 Å². The number of unbranched alkanes of at least 4 members (excludes halogenated alkanes) is 5. The summed E-state index contributed by atoms with van der Waals surface area (Å²) >= 11 is 0. The lowest BCUT2D eigenvalue weighted by Gasteiger charge is -2.14. The summed E-state index contributed by atoms with van der Waals surface area (Å²) in [5, 5.41) is 8.47. The maximum absolute atomic E-state index is 2.35. The van der Waals surface area contributed by atoms with E-state index >= 15 is 0 Å². The van der Waals surface area contributed by atoms with E-state index in [-0.39, 0.29) is 0 Å². The Labute approximate surface area is 144 Å². The lowest BCUT2D eigenvalue weighted by atomic mass is 9.90. The molecule has 4 aromatic rings. The van der Waals surface area contributed by atoms with Crippen molar-refractivity contribution in [2.45, 2.75) is 51.9 Å². The van der Waals surface area contributed by atoms with Crippen LogP contribution in [0.1, 0.15) is 51.0 Å². The molecule has 0 bridgehead atoms. The van der Waals surface area contributed by atoms with Gasteiger partial charge >= 0.3 is 0 Å². The van der Waals surface area contributed by atoms with E-state index in [1.54, 1.807) is 0 Å². The third kappa shape index (κ3) is 2.75. The average Bonchev–Trinajstić information content (AvgIpc) is 2.63. The fourth-order valence-electron chi connectivity index (χ4n) is 4.11. The van der Waals surface area contributed by atoms with Crippen LogP contribution in [0.15, 0.2) is 54.6 Å². The molecule has 0 nitrogen and oxygen atoms in total. The van der Waals surface area contributed by atoms with E-state index in [0.717, 1.165) is 0 Å². The van der Waals surface area contributed by atoms with Crippen molar-refractivity contribution in [1.82, 2.24) is 0 Å². The normalized spacial score (nSPS) is 11.9. The van der Waals surface area contributed by atoms with Crippen LogP contribution in [-0.4, -0.2) is 0 Å². The number of hydrogen-bond acceptors (Lipinski definition) is 0. The zero-order chi connectivity index (χ0) is 16.4. The van der Waals surface area contributed by atoms with E-state index in [9.17, 15) is 0 Å². The molecule has 0 aliphatic carbocycles. The van der Waals surface area contributed by atoms with Crippen molar-refractivity contribution >= 4 is 32.3 Å². The number of benzene rings is 4. The van der Waals surface area contributed by atoms with Crippen molar-refractivity contribution in [1.29, 1.82) is 0 Å². The van der Waals surface area contributed by atoms with Crippen molar-refractivity contribution in [3.8, 4) is 0 Å². The van der Waals surface area contributed by atoms with Crippen LogP contribution >= 0.6 is 0 Å². The first-order valence-electron chi connectivity index (χ1n) is 9.54. The molecule has 0 aromatic heterocycles. The third-order valence-electron chi connectivity index (χ3n) is 5.42. The summed E-state index contributed by atoms with van der Waals surface area (Å²) in [6.07, 6.45) is 9.39. The molecule has 0 spiro atoms. The molecule has 0 radical (unpaired) electrons. The van der Waals surface area contributed by atoms with Gasteiger partial charge in [-0.05, 0) is 50.7 Å². The molecule has 0 saturated heterocycles. The summed E-state index contributed by atoms with van der Waals surface area (Å²) < 4.78 is 0. The maximum Gasteiger partial charge on any atom is -0.00240 e.